The van der Waals surface area contributed by atoms with Crippen LogP contribution in [0.5, 0.6) is 0 Å². The fourth-order valence-corrected chi connectivity index (χ4v) is 1.85. The van der Waals surface area contributed by atoms with Crippen molar-refractivity contribution in [3.63, 3.8) is 0 Å². The molecule has 0 radical (unpaired) electrons. The molecule has 0 aromatic heterocycles. The van der Waals surface area contributed by atoms with Crippen molar-refractivity contribution in [2.75, 3.05) is 0 Å². The van der Waals surface area contributed by atoms with E-state index in [-0.39, 0.29) is 0 Å². The maximum absolute atomic E-state index is 9.60. The number of nitrogens with two attached hydrogens (primary N) is 1. The van der Waals surface area contributed by atoms with Crippen LogP contribution in [0.4, 0.5) is 0 Å². The molecule has 0 saturated heterocycles. The number of aliphatic hydroxyl groups excluding tert-OH is 1. The second-order valence-corrected chi connectivity index (χ2v) is 4.49. The maximum Gasteiger partial charge on any atom is 0.0730 e. The number of benzene rings is 1. The van der Waals surface area contributed by atoms with Gasteiger partial charge in [0.25, 0.3) is 0 Å². The van der Waals surface area contributed by atoms with E-state index in [0.717, 1.165) is 10.0 Å². The molecule has 1 rings (SSSR count). The lowest BCUT2D eigenvalue weighted by Crippen LogP contribution is -2.25. The number of rotatable bonds is 3. The van der Waals surface area contributed by atoms with E-state index in [9.17, 15) is 5.11 Å². The standard InChI is InChI=1S/C10H13BrClNO/c1-2-9(14)10(13)7-5-6(11)3-4-8(7)12/h3-5,9-10,14H,2,13H2,1H3/t9-,10+/m0/s1. The monoisotopic (exact) mass is 277 g/mol. The molecule has 0 heterocycles. The van der Waals surface area contributed by atoms with Crippen molar-refractivity contribution in [1.82, 2.24) is 0 Å². The molecular weight excluding hydrogens is 265 g/mol. The third-order valence-electron chi connectivity index (χ3n) is 2.15. The molecule has 3 N–H and O–H groups in total. The van der Waals surface area contributed by atoms with Gasteiger partial charge >= 0.3 is 0 Å². The number of hydrogen-bond acceptors (Lipinski definition) is 2. The lowest BCUT2D eigenvalue weighted by molar-refractivity contribution is 0.141. The molecule has 0 amide bonds. The van der Waals surface area contributed by atoms with Gasteiger partial charge in [-0.25, -0.2) is 0 Å². The summed E-state index contributed by atoms with van der Waals surface area (Å²) in [5.41, 5.74) is 6.64. The number of aliphatic hydroxyl groups is 1. The van der Waals surface area contributed by atoms with Gasteiger partial charge < -0.3 is 10.8 Å². The van der Waals surface area contributed by atoms with E-state index >= 15 is 0 Å². The van der Waals surface area contributed by atoms with Gasteiger partial charge in [0.15, 0.2) is 0 Å². The molecule has 0 aliphatic carbocycles. The van der Waals surface area contributed by atoms with Crippen LogP contribution in [-0.4, -0.2) is 11.2 Å². The molecule has 2 atom stereocenters. The highest BCUT2D eigenvalue weighted by atomic mass is 79.9. The van der Waals surface area contributed by atoms with Crippen LogP contribution in [0.15, 0.2) is 22.7 Å². The topological polar surface area (TPSA) is 46.2 Å². The smallest absolute Gasteiger partial charge is 0.0730 e. The first-order valence-electron chi connectivity index (χ1n) is 4.44. The SMILES string of the molecule is CC[C@H](O)[C@H](N)c1cc(Br)ccc1Cl. The Morgan fingerprint density at radius 3 is 2.79 bits per heavy atom. The van der Waals surface area contributed by atoms with E-state index < -0.39 is 12.1 Å². The molecule has 1 aromatic rings. The Hall–Kier alpha value is -0.0900. The van der Waals surface area contributed by atoms with Gasteiger partial charge in [-0.1, -0.05) is 34.5 Å². The highest BCUT2D eigenvalue weighted by Gasteiger charge is 2.17. The quantitative estimate of drug-likeness (QED) is 0.893. The average Bonchev–Trinajstić information content (AvgIpc) is 2.19. The summed E-state index contributed by atoms with van der Waals surface area (Å²) < 4.78 is 0.913. The van der Waals surface area contributed by atoms with Crippen molar-refractivity contribution in [3.05, 3.63) is 33.3 Å². The van der Waals surface area contributed by atoms with Gasteiger partial charge in [0, 0.05) is 9.50 Å². The van der Waals surface area contributed by atoms with Crippen LogP contribution in [0.1, 0.15) is 24.9 Å². The zero-order valence-electron chi connectivity index (χ0n) is 7.87. The van der Waals surface area contributed by atoms with E-state index in [2.05, 4.69) is 15.9 Å². The third-order valence-corrected chi connectivity index (χ3v) is 2.99. The molecule has 14 heavy (non-hydrogen) atoms. The first kappa shape index (κ1) is 12.0. The predicted molar refractivity (Wildman–Crippen MR) is 62.4 cm³/mol. The normalized spacial score (nSPS) is 15.2. The molecule has 0 aliphatic heterocycles. The van der Waals surface area contributed by atoms with Gasteiger partial charge in [-0.3, -0.25) is 0 Å². The second-order valence-electron chi connectivity index (χ2n) is 3.17. The molecule has 1 aromatic carbocycles. The summed E-state index contributed by atoms with van der Waals surface area (Å²) >= 11 is 9.32. The van der Waals surface area contributed by atoms with Crippen molar-refractivity contribution >= 4 is 27.5 Å². The van der Waals surface area contributed by atoms with Crippen LogP contribution in [0, 0.1) is 0 Å². The zero-order valence-corrected chi connectivity index (χ0v) is 10.2. The Labute approximate surface area is 97.2 Å². The van der Waals surface area contributed by atoms with E-state index in [4.69, 9.17) is 17.3 Å². The Kier molecular flexibility index (Phi) is 4.38. The molecule has 78 valence electrons. The summed E-state index contributed by atoms with van der Waals surface area (Å²) in [5, 5.41) is 10.2. The molecular formula is C10H13BrClNO. The lowest BCUT2D eigenvalue weighted by Gasteiger charge is -2.18. The fraction of sp³-hybridized carbons (Fsp3) is 0.400. The van der Waals surface area contributed by atoms with E-state index in [0.29, 0.717) is 11.4 Å². The van der Waals surface area contributed by atoms with Crippen LogP contribution < -0.4 is 5.73 Å². The van der Waals surface area contributed by atoms with Crippen LogP contribution in [0.2, 0.25) is 5.02 Å². The molecule has 0 spiro atoms. The molecule has 0 saturated carbocycles. The number of halogens is 2. The minimum absolute atomic E-state index is 0.426. The van der Waals surface area contributed by atoms with Crippen LogP contribution >= 0.6 is 27.5 Å². The van der Waals surface area contributed by atoms with Gasteiger partial charge in [0.1, 0.15) is 0 Å². The summed E-state index contributed by atoms with van der Waals surface area (Å²) in [7, 11) is 0. The summed E-state index contributed by atoms with van der Waals surface area (Å²) in [6.45, 7) is 1.89. The van der Waals surface area contributed by atoms with E-state index in [1.165, 1.54) is 0 Å². The molecule has 0 bridgehead atoms. The van der Waals surface area contributed by atoms with Gasteiger partial charge in [0.05, 0.1) is 12.1 Å². The van der Waals surface area contributed by atoms with Crippen molar-refractivity contribution in [1.29, 1.82) is 0 Å². The van der Waals surface area contributed by atoms with Crippen LogP contribution in [0.25, 0.3) is 0 Å². The summed E-state index contributed by atoms with van der Waals surface area (Å²) in [6.07, 6.45) is 0.0612. The van der Waals surface area contributed by atoms with E-state index in [1.54, 1.807) is 6.07 Å². The zero-order chi connectivity index (χ0) is 10.7. The minimum Gasteiger partial charge on any atom is -0.391 e. The largest absolute Gasteiger partial charge is 0.391 e. The highest BCUT2D eigenvalue weighted by molar-refractivity contribution is 9.10. The van der Waals surface area contributed by atoms with Gasteiger partial charge in [-0.15, -0.1) is 0 Å². The van der Waals surface area contributed by atoms with Gasteiger partial charge in [-0.05, 0) is 30.2 Å². The molecule has 0 aliphatic rings. The maximum atomic E-state index is 9.60. The predicted octanol–water partition coefficient (Wildman–Crippen LogP) is 2.87. The molecule has 4 heteroatoms. The molecule has 2 nitrogen and oxygen atoms in total. The molecule has 0 unspecified atom stereocenters. The summed E-state index contributed by atoms with van der Waals surface area (Å²) in [5.74, 6) is 0. The molecule has 0 fully saturated rings. The van der Waals surface area contributed by atoms with Crippen molar-refractivity contribution in [2.24, 2.45) is 5.73 Å². The van der Waals surface area contributed by atoms with Gasteiger partial charge in [0.2, 0.25) is 0 Å². The Morgan fingerprint density at radius 2 is 2.21 bits per heavy atom. The lowest BCUT2D eigenvalue weighted by atomic mass is 10.0. The average molecular weight is 279 g/mol. The third kappa shape index (κ3) is 2.70. The van der Waals surface area contributed by atoms with Crippen molar-refractivity contribution < 1.29 is 5.11 Å². The first-order chi connectivity index (χ1) is 6.56. The second kappa shape index (κ2) is 5.12. The van der Waals surface area contributed by atoms with Crippen LogP contribution in [-0.2, 0) is 0 Å². The Morgan fingerprint density at radius 1 is 1.57 bits per heavy atom. The summed E-state index contributed by atoms with van der Waals surface area (Å²) in [6, 6.07) is 5.02. The summed E-state index contributed by atoms with van der Waals surface area (Å²) in [4.78, 5) is 0. The Balaban J connectivity index is 2.99. The van der Waals surface area contributed by atoms with Crippen molar-refractivity contribution in [3.8, 4) is 0 Å². The van der Waals surface area contributed by atoms with Crippen molar-refractivity contribution in [2.45, 2.75) is 25.5 Å². The van der Waals surface area contributed by atoms with E-state index in [1.807, 2.05) is 19.1 Å². The minimum atomic E-state index is -0.554. The van der Waals surface area contributed by atoms with Gasteiger partial charge in [-0.2, -0.15) is 0 Å². The fourth-order valence-electron chi connectivity index (χ4n) is 1.23. The Bertz CT molecular complexity index is 319. The first-order valence-corrected chi connectivity index (χ1v) is 5.62. The highest BCUT2D eigenvalue weighted by Crippen LogP contribution is 2.27. The van der Waals surface area contributed by atoms with Crippen LogP contribution in [0.3, 0.4) is 0 Å². The number of hydrogen-bond donors (Lipinski definition) is 2.